The largest absolute Gasteiger partial charge is 0.475 e. The standard InChI is InChI=1S/C18H16N4O6/c1-10-18(25)21(17-15(28-10)7-8-16(20-17)22(26)27)9-14(24)12-3-5-13(6-4-12)19-11(2)23/h3-8,10H,9H2,1-2H3,(H,19,23). The molecule has 1 unspecified atom stereocenters. The average Bonchev–Trinajstić information content (AvgIpc) is 2.65. The van der Waals surface area contributed by atoms with E-state index in [0.29, 0.717) is 11.3 Å². The Morgan fingerprint density at radius 1 is 1.25 bits per heavy atom. The van der Waals surface area contributed by atoms with Gasteiger partial charge in [-0.05, 0) is 47.2 Å². The smallest absolute Gasteiger partial charge is 0.366 e. The van der Waals surface area contributed by atoms with Gasteiger partial charge in [0.2, 0.25) is 5.91 Å². The molecule has 0 radical (unpaired) electrons. The number of nitrogens with one attached hydrogen (secondary N) is 1. The molecule has 2 amide bonds. The van der Waals surface area contributed by atoms with E-state index in [1.165, 1.54) is 38.1 Å². The molecule has 1 aliphatic rings. The third-order valence-electron chi connectivity index (χ3n) is 4.01. The number of amides is 2. The molecule has 0 bridgehead atoms. The van der Waals surface area contributed by atoms with E-state index in [0.717, 1.165) is 4.90 Å². The number of carbonyl (C=O) groups excluding carboxylic acids is 3. The fraction of sp³-hybridized carbons (Fsp3) is 0.222. The number of ketones is 1. The van der Waals surface area contributed by atoms with Crippen molar-refractivity contribution < 1.29 is 24.0 Å². The number of hydrogen-bond donors (Lipinski definition) is 1. The molecule has 28 heavy (non-hydrogen) atoms. The number of ether oxygens (including phenoxy) is 1. The molecule has 10 nitrogen and oxygen atoms in total. The minimum absolute atomic E-state index is 0.0690. The van der Waals surface area contributed by atoms with Crippen molar-refractivity contribution in [1.29, 1.82) is 0 Å². The second kappa shape index (κ2) is 7.43. The van der Waals surface area contributed by atoms with Crippen LogP contribution in [-0.4, -0.2) is 40.2 Å². The molecule has 1 N–H and O–H groups in total. The summed E-state index contributed by atoms with van der Waals surface area (Å²) in [4.78, 5) is 51.5. The van der Waals surface area contributed by atoms with Gasteiger partial charge in [0, 0.05) is 24.2 Å². The van der Waals surface area contributed by atoms with Crippen LogP contribution in [0.2, 0.25) is 0 Å². The molecule has 2 aromatic rings. The van der Waals surface area contributed by atoms with Gasteiger partial charge in [-0.25, -0.2) is 0 Å². The Kier molecular flexibility index (Phi) is 5.03. The highest BCUT2D eigenvalue weighted by Crippen LogP contribution is 2.34. The summed E-state index contributed by atoms with van der Waals surface area (Å²) in [5, 5.41) is 13.6. The maximum absolute atomic E-state index is 12.6. The third-order valence-corrected chi connectivity index (χ3v) is 4.01. The van der Waals surface area contributed by atoms with Crippen LogP contribution in [0.5, 0.6) is 5.75 Å². The monoisotopic (exact) mass is 384 g/mol. The van der Waals surface area contributed by atoms with E-state index in [2.05, 4.69) is 10.3 Å². The van der Waals surface area contributed by atoms with Crippen LogP contribution in [0.3, 0.4) is 0 Å². The molecule has 1 atom stereocenters. The maximum Gasteiger partial charge on any atom is 0.366 e. The van der Waals surface area contributed by atoms with E-state index >= 15 is 0 Å². The quantitative estimate of drug-likeness (QED) is 0.473. The molecule has 1 aromatic carbocycles. The van der Waals surface area contributed by atoms with E-state index in [4.69, 9.17) is 4.74 Å². The lowest BCUT2D eigenvalue weighted by Gasteiger charge is -2.28. The van der Waals surface area contributed by atoms with Gasteiger partial charge in [0.05, 0.1) is 6.54 Å². The number of rotatable bonds is 5. The number of pyridine rings is 1. The van der Waals surface area contributed by atoms with E-state index < -0.39 is 28.5 Å². The molecular weight excluding hydrogens is 368 g/mol. The first kappa shape index (κ1) is 19.0. The summed E-state index contributed by atoms with van der Waals surface area (Å²) in [7, 11) is 0. The van der Waals surface area contributed by atoms with Crippen molar-refractivity contribution >= 4 is 34.9 Å². The van der Waals surface area contributed by atoms with Crippen LogP contribution in [0.15, 0.2) is 36.4 Å². The predicted octanol–water partition coefficient (Wildman–Crippen LogP) is 1.94. The van der Waals surface area contributed by atoms with Gasteiger partial charge in [-0.1, -0.05) is 0 Å². The summed E-state index contributed by atoms with van der Waals surface area (Å²) in [5.74, 6) is -1.50. The lowest BCUT2D eigenvalue weighted by Crippen LogP contribution is -2.47. The first-order valence-electron chi connectivity index (χ1n) is 8.30. The second-order valence-electron chi connectivity index (χ2n) is 6.11. The molecule has 2 heterocycles. The van der Waals surface area contributed by atoms with Crippen LogP contribution in [0, 0.1) is 10.1 Å². The molecule has 3 rings (SSSR count). The van der Waals surface area contributed by atoms with Crippen molar-refractivity contribution in [2.24, 2.45) is 0 Å². The molecule has 0 spiro atoms. The zero-order valence-corrected chi connectivity index (χ0v) is 15.0. The Morgan fingerprint density at radius 2 is 1.93 bits per heavy atom. The predicted molar refractivity (Wildman–Crippen MR) is 98.4 cm³/mol. The summed E-state index contributed by atoms with van der Waals surface area (Å²) in [6.07, 6.45) is -0.856. The van der Waals surface area contributed by atoms with Gasteiger partial charge < -0.3 is 20.2 Å². The van der Waals surface area contributed by atoms with Crippen molar-refractivity contribution in [3.8, 4) is 5.75 Å². The van der Waals surface area contributed by atoms with Crippen LogP contribution in [-0.2, 0) is 9.59 Å². The van der Waals surface area contributed by atoms with Gasteiger partial charge in [-0.15, -0.1) is 0 Å². The Labute approximate surface area is 159 Å². The summed E-state index contributed by atoms with van der Waals surface area (Å²) < 4.78 is 5.42. The lowest BCUT2D eigenvalue weighted by atomic mass is 10.1. The number of nitro groups is 1. The SMILES string of the molecule is CC(=O)Nc1ccc(C(=O)CN2C(=O)C(C)Oc3ccc([N+](=O)[O-])nc32)cc1. The van der Waals surface area contributed by atoms with Crippen molar-refractivity contribution in [3.63, 3.8) is 0 Å². The molecule has 0 aliphatic carbocycles. The zero-order valence-electron chi connectivity index (χ0n) is 15.0. The summed E-state index contributed by atoms with van der Waals surface area (Å²) >= 11 is 0. The van der Waals surface area contributed by atoms with E-state index in [1.54, 1.807) is 12.1 Å². The van der Waals surface area contributed by atoms with Crippen LogP contribution >= 0.6 is 0 Å². The van der Waals surface area contributed by atoms with Crippen molar-refractivity contribution in [2.45, 2.75) is 20.0 Å². The van der Waals surface area contributed by atoms with E-state index in [1.807, 2.05) is 0 Å². The number of Topliss-reactive ketones (excluding diaryl/α,β-unsaturated/α-hetero) is 1. The topological polar surface area (TPSA) is 132 Å². The molecule has 1 aliphatic heterocycles. The molecule has 1 aromatic heterocycles. The van der Waals surface area contributed by atoms with Crippen LogP contribution in [0.25, 0.3) is 0 Å². The zero-order chi connectivity index (χ0) is 20.4. The molecule has 10 heteroatoms. The Balaban J connectivity index is 1.87. The van der Waals surface area contributed by atoms with Crippen molar-refractivity contribution in [2.75, 3.05) is 16.8 Å². The van der Waals surface area contributed by atoms with E-state index in [-0.39, 0.29) is 24.0 Å². The highest BCUT2D eigenvalue weighted by Gasteiger charge is 2.37. The Hall–Kier alpha value is -3.82. The molecule has 0 saturated heterocycles. The highest BCUT2D eigenvalue weighted by molar-refractivity contribution is 6.07. The van der Waals surface area contributed by atoms with Gasteiger partial charge >= 0.3 is 5.82 Å². The number of fused-ring (bicyclic) bond motifs is 1. The average molecular weight is 384 g/mol. The van der Waals surface area contributed by atoms with Crippen LogP contribution < -0.4 is 15.0 Å². The normalized spacial score (nSPS) is 15.4. The highest BCUT2D eigenvalue weighted by atomic mass is 16.6. The van der Waals surface area contributed by atoms with Crippen LogP contribution in [0.4, 0.5) is 17.3 Å². The number of carbonyl (C=O) groups is 3. The summed E-state index contributed by atoms with van der Waals surface area (Å²) in [5.41, 5.74) is 0.843. The fourth-order valence-corrected chi connectivity index (χ4v) is 2.71. The van der Waals surface area contributed by atoms with Crippen molar-refractivity contribution in [1.82, 2.24) is 4.98 Å². The van der Waals surface area contributed by atoms with Crippen LogP contribution in [0.1, 0.15) is 24.2 Å². The Bertz CT molecular complexity index is 973. The summed E-state index contributed by atoms with van der Waals surface area (Å²) in [6.45, 7) is 2.54. The van der Waals surface area contributed by atoms with E-state index in [9.17, 15) is 24.5 Å². The van der Waals surface area contributed by atoms with Gasteiger partial charge in [-0.3, -0.25) is 19.3 Å². The number of aromatic nitrogens is 1. The molecule has 0 saturated carbocycles. The third kappa shape index (κ3) is 3.80. The van der Waals surface area contributed by atoms with Crippen molar-refractivity contribution in [3.05, 3.63) is 52.1 Å². The number of hydrogen-bond acceptors (Lipinski definition) is 7. The van der Waals surface area contributed by atoms with Gasteiger partial charge in [0.1, 0.15) is 0 Å². The minimum Gasteiger partial charge on any atom is -0.475 e. The first-order valence-corrected chi connectivity index (χ1v) is 8.30. The number of nitrogens with zero attached hydrogens (tertiary/aromatic N) is 3. The fourth-order valence-electron chi connectivity index (χ4n) is 2.71. The first-order chi connectivity index (χ1) is 13.3. The Morgan fingerprint density at radius 3 is 2.54 bits per heavy atom. The molecule has 0 fully saturated rings. The van der Waals surface area contributed by atoms with Gasteiger partial charge in [0.25, 0.3) is 11.7 Å². The van der Waals surface area contributed by atoms with Gasteiger partial charge in [-0.2, -0.15) is 0 Å². The lowest BCUT2D eigenvalue weighted by molar-refractivity contribution is -0.389. The molecular formula is C18H16N4O6. The second-order valence-corrected chi connectivity index (χ2v) is 6.11. The number of anilines is 2. The maximum atomic E-state index is 12.6. The number of benzene rings is 1. The summed E-state index contributed by atoms with van der Waals surface area (Å²) in [6, 6.07) is 8.68. The molecule has 144 valence electrons. The minimum atomic E-state index is -0.856. The van der Waals surface area contributed by atoms with Gasteiger partial charge in [0.15, 0.2) is 17.6 Å².